The molecule has 0 unspecified atom stereocenters. The van der Waals surface area contributed by atoms with Crippen molar-refractivity contribution in [3.63, 3.8) is 0 Å². The van der Waals surface area contributed by atoms with Crippen LogP contribution in [0.15, 0.2) is 64.3 Å². The van der Waals surface area contributed by atoms with Crippen LogP contribution in [0.25, 0.3) is 0 Å². The number of hydrogen-bond acceptors (Lipinski definition) is 5. The highest BCUT2D eigenvalue weighted by Gasteiger charge is 2.35. The van der Waals surface area contributed by atoms with Gasteiger partial charge in [-0.1, -0.05) is 35.9 Å². The van der Waals surface area contributed by atoms with Crippen LogP contribution >= 0.6 is 11.6 Å². The predicted octanol–water partition coefficient (Wildman–Crippen LogP) is 4.51. The lowest BCUT2D eigenvalue weighted by atomic mass is 9.95. The van der Waals surface area contributed by atoms with Gasteiger partial charge in [0.1, 0.15) is 11.8 Å². The van der Waals surface area contributed by atoms with Crippen molar-refractivity contribution in [2.45, 2.75) is 31.7 Å². The van der Waals surface area contributed by atoms with E-state index in [0.717, 1.165) is 24.1 Å². The van der Waals surface area contributed by atoms with Crippen molar-refractivity contribution < 1.29 is 18.7 Å². The molecule has 2 atom stereocenters. The first-order valence-electron chi connectivity index (χ1n) is 9.62. The topological polar surface area (TPSA) is 72.1 Å². The van der Waals surface area contributed by atoms with Crippen LogP contribution in [-0.2, 0) is 14.3 Å². The van der Waals surface area contributed by atoms with E-state index in [1.165, 1.54) is 5.01 Å². The normalized spacial score (nSPS) is 21.1. The lowest BCUT2D eigenvalue weighted by molar-refractivity contribution is -0.156. The van der Waals surface area contributed by atoms with Gasteiger partial charge in [0.25, 0.3) is 5.91 Å². The van der Waals surface area contributed by atoms with E-state index in [1.54, 1.807) is 24.5 Å². The zero-order valence-corrected chi connectivity index (χ0v) is 16.5. The van der Waals surface area contributed by atoms with Gasteiger partial charge in [0.05, 0.1) is 17.9 Å². The van der Waals surface area contributed by atoms with Crippen molar-refractivity contribution in [1.29, 1.82) is 0 Å². The summed E-state index contributed by atoms with van der Waals surface area (Å²) in [6, 6.07) is 10.5. The fourth-order valence-corrected chi connectivity index (χ4v) is 3.71. The minimum Gasteiger partial charge on any atom is -0.467 e. The van der Waals surface area contributed by atoms with E-state index < -0.39 is 0 Å². The SMILES string of the molecule is O=C(OCC(=O)N1N=C(c2ccc(Cl)cc2)C[C@H]1c1ccco1)[C@H]1CC=CCC1. The Morgan fingerprint density at radius 3 is 2.72 bits per heavy atom. The summed E-state index contributed by atoms with van der Waals surface area (Å²) < 4.78 is 10.8. The summed E-state index contributed by atoms with van der Waals surface area (Å²) in [5.41, 5.74) is 1.63. The maximum atomic E-state index is 12.8. The van der Waals surface area contributed by atoms with Crippen LogP contribution in [-0.4, -0.2) is 29.2 Å². The summed E-state index contributed by atoms with van der Waals surface area (Å²) >= 11 is 5.97. The third-order valence-corrected chi connectivity index (χ3v) is 5.41. The average Bonchev–Trinajstić information content (AvgIpc) is 3.43. The second-order valence-corrected chi connectivity index (χ2v) is 7.55. The zero-order valence-electron chi connectivity index (χ0n) is 15.8. The van der Waals surface area contributed by atoms with Crippen molar-refractivity contribution in [3.8, 4) is 0 Å². The van der Waals surface area contributed by atoms with Gasteiger partial charge in [-0.2, -0.15) is 5.10 Å². The van der Waals surface area contributed by atoms with Gasteiger partial charge in [0.2, 0.25) is 0 Å². The molecular weight excluding hydrogens is 392 g/mol. The van der Waals surface area contributed by atoms with Crippen LogP contribution in [0.5, 0.6) is 0 Å². The molecule has 1 aliphatic heterocycles. The van der Waals surface area contributed by atoms with E-state index in [-0.39, 0.29) is 30.4 Å². The Hall–Kier alpha value is -2.86. The number of carbonyl (C=O) groups excluding carboxylic acids is 2. The second-order valence-electron chi connectivity index (χ2n) is 7.12. The van der Waals surface area contributed by atoms with Gasteiger partial charge in [-0.3, -0.25) is 9.59 Å². The minimum absolute atomic E-state index is 0.180. The molecular formula is C22H21ClN2O4. The summed E-state index contributed by atoms with van der Waals surface area (Å²) in [5.74, 6) is -0.261. The molecule has 0 N–H and O–H groups in total. The Labute approximate surface area is 173 Å². The van der Waals surface area contributed by atoms with Crippen LogP contribution in [0.4, 0.5) is 0 Å². The van der Waals surface area contributed by atoms with E-state index in [9.17, 15) is 9.59 Å². The predicted molar refractivity (Wildman–Crippen MR) is 108 cm³/mol. The number of halogens is 1. The molecule has 2 aromatic rings. The maximum Gasteiger partial charge on any atom is 0.309 e. The molecule has 0 saturated heterocycles. The summed E-state index contributed by atoms with van der Waals surface area (Å²) in [7, 11) is 0. The molecule has 2 heterocycles. The van der Waals surface area contributed by atoms with Crippen LogP contribution in [0.3, 0.4) is 0 Å². The molecule has 4 rings (SSSR count). The smallest absolute Gasteiger partial charge is 0.309 e. The average molecular weight is 413 g/mol. The highest BCUT2D eigenvalue weighted by Crippen LogP contribution is 2.33. The Morgan fingerprint density at radius 1 is 1.21 bits per heavy atom. The number of benzene rings is 1. The van der Waals surface area contributed by atoms with Gasteiger partial charge < -0.3 is 9.15 Å². The van der Waals surface area contributed by atoms with Gasteiger partial charge in [-0.05, 0) is 49.1 Å². The van der Waals surface area contributed by atoms with Gasteiger partial charge in [0, 0.05) is 11.4 Å². The summed E-state index contributed by atoms with van der Waals surface area (Å²) in [5, 5.41) is 6.50. The molecule has 1 amide bonds. The summed E-state index contributed by atoms with van der Waals surface area (Å²) in [6.07, 6.45) is 8.37. The van der Waals surface area contributed by atoms with Gasteiger partial charge >= 0.3 is 5.97 Å². The Kier molecular flexibility index (Phi) is 5.81. The largest absolute Gasteiger partial charge is 0.467 e. The number of hydrazone groups is 1. The van der Waals surface area contributed by atoms with Crippen molar-refractivity contribution >= 4 is 29.2 Å². The number of hydrogen-bond donors (Lipinski definition) is 0. The van der Waals surface area contributed by atoms with Crippen LogP contribution in [0, 0.1) is 5.92 Å². The molecule has 150 valence electrons. The Balaban J connectivity index is 1.48. The number of ether oxygens (including phenoxy) is 1. The number of amides is 1. The molecule has 29 heavy (non-hydrogen) atoms. The van der Waals surface area contributed by atoms with E-state index >= 15 is 0 Å². The third-order valence-electron chi connectivity index (χ3n) is 5.16. The Bertz CT molecular complexity index is 934. The Morgan fingerprint density at radius 2 is 2.03 bits per heavy atom. The van der Waals surface area contributed by atoms with Gasteiger partial charge in [-0.25, -0.2) is 5.01 Å². The molecule has 1 aromatic carbocycles. The quantitative estimate of drug-likeness (QED) is 0.535. The van der Waals surface area contributed by atoms with E-state index in [0.29, 0.717) is 23.6 Å². The maximum absolute atomic E-state index is 12.8. The summed E-state index contributed by atoms with van der Waals surface area (Å²) in [4.78, 5) is 25.1. The number of esters is 1. The lowest BCUT2D eigenvalue weighted by Gasteiger charge is -2.21. The molecule has 6 nitrogen and oxygen atoms in total. The molecule has 0 spiro atoms. The number of rotatable bonds is 5. The summed E-state index contributed by atoms with van der Waals surface area (Å²) in [6.45, 7) is -0.340. The molecule has 0 fully saturated rings. The van der Waals surface area contributed by atoms with E-state index in [1.807, 2.05) is 24.3 Å². The highest BCUT2D eigenvalue weighted by molar-refractivity contribution is 6.30. The van der Waals surface area contributed by atoms with E-state index in [4.69, 9.17) is 20.8 Å². The molecule has 1 aliphatic carbocycles. The van der Waals surface area contributed by atoms with E-state index in [2.05, 4.69) is 11.2 Å². The zero-order chi connectivity index (χ0) is 20.2. The van der Waals surface area contributed by atoms with Crippen LogP contribution in [0.1, 0.15) is 43.0 Å². The molecule has 1 aromatic heterocycles. The first kappa shape index (κ1) is 19.5. The van der Waals surface area contributed by atoms with Crippen molar-refractivity contribution in [3.05, 3.63) is 71.2 Å². The number of carbonyl (C=O) groups is 2. The fourth-order valence-electron chi connectivity index (χ4n) is 3.58. The van der Waals surface area contributed by atoms with Crippen LogP contribution < -0.4 is 0 Å². The molecule has 2 aliphatic rings. The molecule has 7 heteroatoms. The number of nitrogens with zero attached hydrogens (tertiary/aromatic N) is 2. The standard InChI is InChI=1S/C22H21ClN2O4/c23-17-10-8-15(9-11-17)18-13-19(20-7-4-12-28-20)25(24-18)21(26)14-29-22(27)16-5-2-1-3-6-16/h1-2,4,7-12,16,19H,3,5-6,13-14H2/t16-,19-/m0/s1. The fraction of sp³-hybridized carbons (Fsp3) is 0.318. The van der Waals surface area contributed by atoms with Gasteiger partial charge in [0.15, 0.2) is 6.61 Å². The van der Waals surface area contributed by atoms with Gasteiger partial charge in [-0.15, -0.1) is 0 Å². The number of allylic oxidation sites excluding steroid dienone is 2. The first-order chi connectivity index (χ1) is 14.1. The molecule has 0 saturated carbocycles. The second kappa shape index (κ2) is 8.66. The molecule has 0 radical (unpaired) electrons. The van der Waals surface area contributed by atoms with Crippen molar-refractivity contribution in [2.24, 2.45) is 11.0 Å². The van der Waals surface area contributed by atoms with Crippen LogP contribution in [0.2, 0.25) is 5.02 Å². The minimum atomic E-state index is -0.380. The highest BCUT2D eigenvalue weighted by atomic mass is 35.5. The lowest BCUT2D eigenvalue weighted by Crippen LogP contribution is -2.32. The monoisotopic (exact) mass is 412 g/mol. The molecule has 0 bridgehead atoms. The number of furan rings is 1. The first-order valence-corrected chi connectivity index (χ1v) is 10.00. The third kappa shape index (κ3) is 4.43. The van der Waals surface area contributed by atoms with Crippen molar-refractivity contribution in [1.82, 2.24) is 5.01 Å². The van der Waals surface area contributed by atoms with Crippen molar-refractivity contribution in [2.75, 3.05) is 6.61 Å².